The fourth-order valence-corrected chi connectivity index (χ4v) is 4.05. The van der Waals surface area contributed by atoms with Crippen molar-refractivity contribution in [1.29, 1.82) is 0 Å². The van der Waals surface area contributed by atoms with E-state index in [0.717, 1.165) is 27.0 Å². The van der Waals surface area contributed by atoms with Crippen molar-refractivity contribution in [3.8, 4) is 11.3 Å². The molecule has 0 spiro atoms. The van der Waals surface area contributed by atoms with E-state index in [-0.39, 0.29) is 5.78 Å². The minimum atomic E-state index is -0.129. The molecule has 4 aromatic rings. The van der Waals surface area contributed by atoms with Crippen molar-refractivity contribution >= 4 is 44.6 Å². The van der Waals surface area contributed by atoms with Gasteiger partial charge in [-0.25, -0.2) is 4.98 Å². The van der Waals surface area contributed by atoms with E-state index in [1.54, 1.807) is 30.6 Å². The van der Waals surface area contributed by atoms with Crippen LogP contribution in [0.1, 0.15) is 20.8 Å². The molecule has 0 aliphatic carbocycles. The van der Waals surface area contributed by atoms with Gasteiger partial charge in [0.15, 0.2) is 0 Å². The van der Waals surface area contributed by atoms with Gasteiger partial charge in [-0.2, -0.15) is 0 Å². The molecule has 1 aromatic carbocycles. The van der Waals surface area contributed by atoms with Crippen LogP contribution in [0.15, 0.2) is 54.9 Å². The number of anilines is 1. The van der Waals surface area contributed by atoms with Gasteiger partial charge in [-0.05, 0) is 42.8 Å². The molecule has 4 nitrogen and oxygen atoms in total. The molecule has 3 heterocycles. The molecule has 0 unspecified atom stereocenters. The molecule has 0 amide bonds. The zero-order valence-electron chi connectivity index (χ0n) is 13.9. The maximum absolute atomic E-state index is 13.0. The number of nitrogen functional groups attached to an aromatic ring is 1. The summed E-state index contributed by atoms with van der Waals surface area (Å²) < 4.78 is 0. The molecule has 3 aromatic heterocycles. The van der Waals surface area contributed by atoms with Gasteiger partial charge < -0.3 is 5.73 Å². The van der Waals surface area contributed by atoms with Crippen molar-refractivity contribution in [1.82, 2.24) is 9.97 Å². The molecule has 0 radical (unpaired) electrons. The van der Waals surface area contributed by atoms with Crippen LogP contribution >= 0.6 is 22.9 Å². The van der Waals surface area contributed by atoms with Crippen LogP contribution in [0, 0.1) is 6.92 Å². The third-order valence-electron chi connectivity index (χ3n) is 4.29. The van der Waals surface area contributed by atoms with Crippen molar-refractivity contribution in [2.45, 2.75) is 6.92 Å². The predicted molar refractivity (Wildman–Crippen MR) is 107 cm³/mol. The number of rotatable bonds is 3. The summed E-state index contributed by atoms with van der Waals surface area (Å²) in [6, 6.07) is 12.9. The smallest absolute Gasteiger partial charge is 0.205 e. The first-order valence-corrected chi connectivity index (χ1v) is 9.15. The third-order valence-corrected chi connectivity index (χ3v) is 5.81. The molecule has 128 valence electrons. The van der Waals surface area contributed by atoms with Gasteiger partial charge in [-0.1, -0.05) is 23.7 Å². The van der Waals surface area contributed by atoms with Crippen molar-refractivity contribution in [2.24, 2.45) is 0 Å². The van der Waals surface area contributed by atoms with E-state index < -0.39 is 0 Å². The van der Waals surface area contributed by atoms with Crippen LogP contribution in [0.3, 0.4) is 0 Å². The first kappa shape index (κ1) is 16.7. The quantitative estimate of drug-likeness (QED) is 0.501. The van der Waals surface area contributed by atoms with Crippen LogP contribution in [0.4, 0.5) is 5.69 Å². The average Bonchev–Trinajstić information content (AvgIpc) is 3.00. The van der Waals surface area contributed by atoms with Crippen LogP contribution in [0.25, 0.3) is 21.5 Å². The van der Waals surface area contributed by atoms with Crippen LogP contribution < -0.4 is 5.73 Å². The Kier molecular flexibility index (Phi) is 4.18. The van der Waals surface area contributed by atoms with Crippen LogP contribution in [-0.2, 0) is 0 Å². The van der Waals surface area contributed by atoms with Gasteiger partial charge in [0.25, 0.3) is 0 Å². The number of ketones is 1. The lowest BCUT2D eigenvalue weighted by Gasteiger charge is -2.05. The van der Waals surface area contributed by atoms with Gasteiger partial charge in [0, 0.05) is 33.9 Å². The average molecular weight is 380 g/mol. The third kappa shape index (κ3) is 2.75. The summed E-state index contributed by atoms with van der Waals surface area (Å²) in [5, 5.41) is 1.35. The highest BCUT2D eigenvalue weighted by Crippen LogP contribution is 2.36. The van der Waals surface area contributed by atoms with Crippen molar-refractivity contribution < 1.29 is 4.79 Å². The number of nitrogens with two attached hydrogens (primary N) is 1. The minimum Gasteiger partial charge on any atom is -0.397 e. The Balaban J connectivity index is 1.83. The van der Waals surface area contributed by atoms with Crippen LogP contribution in [-0.4, -0.2) is 15.8 Å². The van der Waals surface area contributed by atoms with E-state index in [1.165, 1.54) is 11.3 Å². The number of hydrogen-bond donors (Lipinski definition) is 1. The number of fused-ring (bicyclic) bond motifs is 1. The second kappa shape index (κ2) is 6.52. The van der Waals surface area contributed by atoms with Gasteiger partial charge >= 0.3 is 0 Å². The van der Waals surface area contributed by atoms with E-state index in [0.29, 0.717) is 21.2 Å². The van der Waals surface area contributed by atoms with E-state index in [4.69, 9.17) is 17.3 Å². The molecule has 0 aliphatic heterocycles. The first-order chi connectivity index (χ1) is 12.6. The molecule has 0 saturated heterocycles. The van der Waals surface area contributed by atoms with Gasteiger partial charge in [-0.15, -0.1) is 11.3 Å². The standard InChI is InChI=1S/C20H14ClN3OS/c1-11-13(3-2-4-15(11)21)18(25)19-17(22)14-5-6-16(24-20(14)26-19)12-7-9-23-10-8-12/h2-10H,22H2,1H3. The second-order valence-corrected chi connectivity index (χ2v) is 7.28. The predicted octanol–water partition coefficient (Wildman–Crippen LogP) is 5.13. The Morgan fingerprint density at radius 3 is 2.65 bits per heavy atom. The lowest BCUT2D eigenvalue weighted by atomic mass is 10.0. The van der Waals surface area contributed by atoms with E-state index in [1.807, 2.05) is 31.2 Å². The lowest BCUT2D eigenvalue weighted by molar-refractivity contribution is 0.104. The summed E-state index contributed by atoms with van der Waals surface area (Å²) in [6.07, 6.45) is 3.45. The minimum absolute atomic E-state index is 0.129. The lowest BCUT2D eigenvalue weighted by Crippen LogP contribution is -2.04. The zero-order chi connectivity index (χ0) is 18.3. The summed E-state index contributed by atoms with van der Waals surface area (Å²) in [7, 11) is 0. The molecule has 2 N–H and O–H groups in total. The van der Waals surface area contributed by atoms with Gasteiger partial charge in [0.1, 0.15) is 9.71 Å². The summed E-state index contributed by atoms with van der Waals surface area (Å²) in [5.74, 6) is -0.129. The first-order valence-electron chi connectivity index (χ1n) is 7.95. The fraction of sp³-hybridized carbons (Fsp3) is 0.0500. The van der Waals surface area contributed by atoms with Crippen molar-refractivity contribution in [3.05, 3.63) is 75.9 Å². The summed E-state index contributed by atoms with van der Waals surface area (Å²) in [5.41, 5.74) is 9.82. The highest BCUT2D eigenvalue weighted by Gasteiger charge is 2.21. The Morgan fingerprint density at radius 1 is 1.12 bits per heavy atom. The topological polar surface area (TPSA) is 68.9 Å². The molecule has 0 bridgehead atoms. The molecule has 0 fully saturated rings. The van der Waals surface area contributed by atoms with Crippen molar-refractivity contribution in [2.75, 3.05) is 5.73 Å². The highest BCUT2D eigenvalue weighted by molar-refractivity contribution is 7.21. The molecular weight excluding hydrogens is 366 g/mol. The largest absolute Gasteiger partial charge is 0.397 e. The van der Waals surface area contributed by atoms with E-state index in [9.17, 15) is 4.79 Å². The Hall–Kier alpha value is -2.76. The summed E-state index contributed by atoms with van der Waals surface area (Å²) in [6.45, 7) is 1.83. The SMILES string of the molecule is Cc1c(Cl)cccc1C(=O)c1sc2nc(-c3ccncc3)ccc2c1N. The van der Waals surface area contributed by atoms with E-state index >= 15 is 0 Å². The summed E-state index contributed by atoms with van der Waals surface area (Å²) in [4.78, 5) is 22.9. The monoisotopic (exact) mass is 379 g/mol. The van der Waals surface area contributed by atoms with Crippen LogP contribution in [0.2, 0.25) is 5.02 Å². The number of halogens is 1. The number of benzene rings is 1. The zero-order valence-corrected chi connectivity index (χ0v) is 15.4. The molecule has 0 aliphatic rings. The number of hydrogen-bond acceptors (Lipinski definition) is 5. The molecular formula is C20H14ClN3OS. The van der Waals surface area contributed by atoms with Gasteiger partial charge in [0.2, 0.25) is 5.78 Å². The molecule has 0 saturated carbocycles. The van der Waals surface area contributed by atoms with Gasteiger partial charge in [0.05, 0.1) is 11.4 Å². The van der Waals surface area contributed by atoms with Crippen molar-refractivity contribution in [3.63, 3.8) is 0 Å². The highest BCUT2D eigenvalue weighted by atomic mass is 35.5. The number of nitrogens with zero attached hydrogens (tertiary/aromatic N) is 2. The number of thiophene rings is 1. The maximum atomic E-state index is 13.0. The number of carbonyl (C=O) groups excluding carboxylic acids is 1. The van der Waals surface area contributed by atoms with Gasteiger partial charge in [-0.3, -0.25) is 9.78 Å². The molecule has 0 atom stereocenters. The number of aromatic nitrogens is 2. The normalized spacial score (nSPS) is 11.0. The molecule has 6 heteroatoms. The molecule has 4 rings (SSSR count). The Morgan fingerprint density at radius 2 is 1.88 bits per heavy atom. The molecule has 26 heavy (non-hydrogen) atoms. The second-order valence-electron chi connectivity index (χ2n) is 5.87. The van der Waals surface area contributed by atoms with Crippen LogP contribution in [0.5, 0.6) is 0 Å². The van der Waals surface area contributed by atoms with E-state index in [2.05, 4.69) is 9.97 Å². The maximum Gasteiger partial charge on any atom is 0.205 e. The Labute approximate surface area is 159 Å². The number of carbonyl (C=O) groups is 1. The number of pyridine rings is 2. The summed E-state index contributed by atoms with van der Waals surface area (Å²) >= 11 is 7.46. The Bertz CT molecular complexity index is 1140. The fourth-order valence-electron chi connectivity index (χ4n) is 2.83.